The first-order chi connectivity index (χ1) is 14.3. The van der Waals surface area contributed by atoms with Crippen LogP contribution in [-0.4, -0.2) is 53.5 Å². The number of hydrogen-bond acceptors (Lipinski definition) is 5. The quantitative estimate of drug-likeness (QED) is 0.564. The first-order valence-corrected chi connectivity index (χ1v) is 11.1. The van der Waals surface area contributed by atoms with Crippen molar-refractivity contribution in [3.8, 4) is 5.75 Å². The summed E-state index contributed by atoms with van der Waals surface area (Å²) in [6, 6.07) is 14.0. The minimum atomic E-state index is -3.49. The van der Waals surface area contributed by atoms with Crippen LogP contribution < -0.4 is 14.8 Å². The number of carbonyl (C=O) groups is 1. The zero-order valence-electron chi connectivity index (χ0n) is 17.8. The van der Waals surface area contributed by atoms with E-state index >= 15 is 0 Å². The molecule has 0 heterocycles. The van der Waals surface area contributed by atoms with E-state index in [9.17, 15) is 13.2 Å². The van der Waals surface area contributed by atoms with Crippen LogP contribution >= 0.6 is 0 Å². The van der Waals surface area contributed by atoms with Gasteiger partial charge in [0.2, 0.25) is 15.9 Å². The van der Waals surface area contributed by atoms with Gasteiger partial charge in [0.05, 0.1) is 18.0 Å². The van der Waals surface area contributed by atoms with E-state index in [1.807, 2.05) is 43.3 Å². The molecule has 0 aliphatic carbocycles. The topological polar surface area (TPSA) is 87.7 Å². The molecule has 0 fully saturated rings. The number of hydrogen-bond donors (Lipinski definition) is 2. The second-order valence-corrected chi connectivity index (χ2v) is 8.64. The summed E-state index contributed by atoms with van der Waals surface area (Å²) in [6.07, 6.45) is 3.08. The number of likely N-dealkylation sites (N-methyl/N-ethyl adjacent to an activating group) is 1. The molecule has 2 N–H and O–H groups in total. The molecule has 2 aromatic rings. The first kappa shape index (κ1) is 23.6. The zero-order valence-corrected chi connectivity index (χ0v) is 18.6. The zero-order chi connectivity index (χ0) is 22.1. The fraction of sp³-hybridized carbons (Fsp3) is 0.318. The molecule has 1 atom stereocenters. The Labute approximate surface area is 178 Å². The second kappa shape index (κ2) is 10.9. The van der Waals surface area contributed by atoms with Gasteiger partial charge in [-0.15, -0.1) is 0 Å². The van der Waals surface area contributed by atoms with Crippen molar-refractivity contribution in [3.63, 3.8) is 0 Å². The van der Waals surface area contributed by atoms with Crippen molar-refractivity contribution in [1.82, 2.24) is 14.9 Å². The van der Waals surface area contributed by atoms with Gasteiger partial charge in [-0.2, -0.15) is 0 Å². The summed E-state index contributed by atoms with van der Waals surface area (Å²) in [5.74, 6) is 0.537. The molecule has 0 aliphatic heterocycles. The van der Waals surface area contributed by atoms with Crippen LogP contribution in [0.2, 0.25) is 0 Å². The molecule has 0 saturated carbocycles. The number of para-hydroxylation sites is 1. The van der Waals surface area contributed by atoms with E-state index in [1.54, 1.807) is 32.2 Å². The van der Waals surface area contributed by atoms with Crippen LogP contribution in [-0.2, 0) is 14.8 Å². The summed E-state index contributed by atoms with van der Waals surface area (Å²) in [5, 5.41) is 2.91. The Morgan fingerprint density at radius 3 is 2.40 bits per heavy atom. The second-order valence-electron chi connectivity index (χ2n) is 6.87. The highest BCUT2D eigenvalue weighted by Crippen LogP contribution is 2.27. The van der Waals surface area contributed by atoms with E-state index in [2.05, 4.69) is 10.0 Å². The van der Waals surface area contributed by atoms with Gasteiger partial charge in [-0.3, -0.25) is 4.79 Å². The molecule has 30 heavy (non-hydrogen) atoms. The van der Waals surface area contributed by atoms with E-state index in [1.165, 1.54) is 18.2 Å². The van der Waals surface area contributed by atoms with E-state index in [4.69, 9.17) is 4.74 Å². The fourth-order valence-electron chi connectivity index (χ4n) is 2.97. The molecule has 1 amide bonds. The molecule has 0 saturated heterocycles. The van der Waals surface area contributed by atoms with Gasteiger partial charge in [0.25, 0.3) is 0 Å². The molecule has 0 radical (unpaired) electrons. The maximum Gasteiger partial charge on any atom is 0.244 e. The summed E-state index contributed by atoms with van der Waals surface area (Å²) in [5.41, 5.74) is 1.72. The molecule has 0 aliphatic rings. The SMILES string of the molecule is CCNS(=O)(=O)c1ccc(/C=C/C(=O)NCC(c2ccccc2OC)N(C)C)cc1. The smallest absolute Gasteiger partial charge is 0.244 e. The minimum absolute atomic E-state index is 0.0472. The summed E-state index contributed by atoms with van der Waals surface area (Å²) >= 11 is 0. The number of sulfonamides is 1. The molecule has 1 unspecified atom stereocenters. The Morgan fingerprint density at radius 1 is 1.13 bits per heavy atom. The van der Waals surface area contributed by atoms with Crippen LogP contribution in [0.25, 0.3) is 6.08 Å². The average molecular weight is 432 g/mol. The molecule has 0 aromatic heterocycles. The van der Waals surface area contributed by atoms with Gasteiger partial charge in [0.15, 0.2) is 0 Å². The van der Waals surface area contributed by atoms with Crippen LogP contribution in [0.3, 0.4) is 0 Å². The minimum Gasteiger partial charge on any atom is -0.496 e. The average Bonchev–Trinajstić information content (AvgIpc) is 2.72. The molecule has 2 rings (SSSR count). The predicted molar refractivity (Wildman–Crippen MR) is 119 cm³/mol. The highest BCUT2D eigenvalue weighted by Gasteiger charge is 2.18. The number of nitrogens with zero attached hydrogens (tertiary/aromatic N) is 1. The fourth-order valence-corrected chi connectivity index (χ4v) is 4.01. The van der Waals surface area contributed by atoms with Crippen molar-refractivity contribution >= 4 is 22.0 Å². The number of rotatable bonds is 10. The lowest BCUT2D eigenvalue weighted by Crippen LogP contribution is -2.33. The van der Waals surface area contributed by atoms with Crippen molar-refractivity contribution < 1.29 is 17.9 Å². The first-order valence-electron chi connectivity index (χ1n) is 9.63. The van der Waals surface area contributed by atoms with Crippen LogP contribution in [0.5, 0.6) is 5.75 Å². The largest absolute Gasteiger partial charge is 0.496 e. The lowest BCUT2D eigenvalue weighted by Gasteiger charge is -2.26. The summed E-state index contributed by atoms with van der Waals surface area (Å²) in [7, 11) is 2.03. The van der Waals surface area contributed by atoms with Gasteiger partial charge in [0.1, 0.15) is 5.75 Å². The van der Waals surface area contributed by atoms with Gasteiger partial charge in [0, 0.05) is 24.7 Å². The lowest BCUT2D eigenvalue weighted by molar-refractivity contribution is -0.116. The van der Waals surface area contributed by atoms with E-state index < -0.39 is 10.0 Å². The van der Waals surface area contributed by atoms with Crippen LogP contribution in [0, 0.1) is 0 Å². The van der Waals surface area contributed by atoms with E-state index in [0.29, 0.717) is 13.1 Å². The van der Waals surface area contributed by atoms with Crippen LogP contribution in [0.1, 0.15) is 24.1 Å². The molecule has 2 aromatic carbocycles. The normalized spacial score (nSPS) is 12.8. The highest BCUT2D eigenvalue weighted by atomic mass is 32.2. The van der Waals surface area contributed by atoms with Gasteiger partial charge >= 0.3 is 0 Å². The van der Waals surface area contributed by atoms with E-state index in [0.717, 1.165) is 16.9 Å². The van der Waals surface area contributed by atoms with Crippen molar-refractivity contribution in [2.45, 2.75) is 17.9 Å². The van der Waals surface area contributed by atoms with Crippen molar-refractivity contribution in [1.29, 1.82) is 0 Å². The Morgan fingerprint density at radius 2 is 1.80 bits per heavy atom. The highest BCUT2D eigenvalue weighted by molar-refractivity contribution is 7.89. The Balaban J connectivity index is 2.01. The number of benzene rings is 2. The van der Waals surface area contributed by atoms with Crippen molar-refractivity contribution in [2.24, 2.45) is 0 Å². The monoisotopic (exact) mass is 431 g/mol. The van der Waals surface area contributed by atoms with Gasteiger partial charge in [-0.25, -0.2) is 13.1 Å². The van der Waals surface area contributed by atoms with Crippen molar-refractivity contribution in [2.75, 3.05) is 34.3 Å². The molecule has 8 heteroatoms. The number of methoxy groups -OCH3 is 1. The van der Waals surface area contributed by atoms with Crippen LogP contribution in [0.15, 0.2) is 59.5 Å². The van der Waals surface area contributed by atoms with Crippen LogP contribution in [0.4, 0.5) is 0 Å². The molecule has 0 bridgehead atoms. The number of amides is 1. The summed E-state index contributed by atoms with van der Waals surface area (Å²) in [6.45, 7) is 2.46. The molecular formula is C22H29N3O4S. The number of carbonyl (C=O) groups excluding carboxylic acids is 1. The standard InChI is InChI=1S/C22H29N3O4S/c1-5-24-30(27,28)18-13-10-17(11-14-18)12-15-22(26)23-16-20(25(2)3)19-8-6-7-9-21(19)29-4/h6-15,20,24H,5,16H2,1-4H3,(H,23,26)/b15-12+. The molecular weight excluding hydrogens is 402 g/mol. The molecule has 0 spiro atoms. The Hall–Kier alpha value is -2.68. The summed E-state index contributed by atoms with van der Waals surface area (Å²) in [4.78, 5) is 14.5. The van der Waals surface area contributed by atoms with Crippen molar-refractivity contribution in [3.05, 3.63) is 65.7 Å². The van der Waals surface area contributed by atoms with E-state index in [-0.39, 0.29) is 16.8 Å². The maximum absolute atomic E-state index is 12.3. The maximum atomic E-state index is 12.3. The predicted octanol–water partition coefficient (Wildman–Crippen LogP) is 2.43. The molecule has 7 nitrogen and oxygen atoms in total. The lowest BCUT2D eigenvalue weighted by atomic mass is 10.0. The summed E-state index contributed by atoms with van der Waals surface area (Å²) < 4.78 is 31.8. The third-order valence-corrected chi connectivity index (χ3v) is 6.10. The van der Waals surface area contributed by atoms with Gasteiger partial charge in [-0.1, -0.05) is 37.3 Å². The van der Waals surface area contributed by atoms with Gasteiger partial charge in [-0.05, 0) is 43.9 Å². The third-order valence-electron chi connectivity index (χ3n) is 4.54. The third kappa shape index (κ3) is 6.41. The Kier molecular flexibility index (Phi) is 8.58. The Bertz CT molecular complexity index is 970. The number of ether oxygens (including phenoxy) is 1. The van der Waals surface area contributed by atoms with Gasteiger partial charge < -0.3 is 15.0 Å². The number of nitrogens with one attached hydrogen (secondary N) is 2. The molecule has 162 valence electrons.